The fourth-order valence-corrected chi connectivity index (χ4v) is 1.65. The third kappa shape index (κ3) is 2.99. The summed E-state index contributed by atoms with van der Waals surface area (Å²) >= 11 is 0. The SMILES string of the molecule is CS(C)=Cc1ccc([N+](=O)[O-])cc1. The highest BCUT2D eigenvalue weighted by atomic mass is 32.2. The first-order valence-corrected chi connectivity index (χ1v) is 5.86. The summed E-state index contributed by atoms with van der Waals surface area (Å²) in [6.07, 6.45) is 4.20. The van der Waals surface area contributed by atoms with Gasteiger partial charge in [-0.1, -0.05) is 0 Å². The molecule has 70 valence electrons. The molecule has 3 nitrogen and oxygen atoms in total. The van der Waals surface area contributed by atoms with Gasteiger partial charge >= 0.3 is 0 Å². The molecule has 1 aromatic rings. The summed E-state index contributed by atoms with van der Waals surface area (Å²) in [4.78, 5) is 9.94. The molecule has 1 rings (SSSR count). The standard InChI is InChI=1S/C9H11NO2S/c1-13(2)7-8-3-5-9(6-4-8)10(11)12/h3-7H,1-2H3. The minimum atomic E-state index is -0.387. The van der Waals surface area contributed by atoms with Crippen LogP contribution in [0.2, 0.25) is 0 Å². The Balaban J connectivity index is 2.94. The number of hydrogen-bond acceptors (Lipinski definition) is 2. The highest BCUT2D eigenvalue weighted by Gasteiger charge is 2.01. The van der Waals surface area contributed by atoms with Gasteiger partial charge in [-0.05, 0) is 35.6 Å². The van der Waals surface area contributed by atoms with Gasteiger partial charge in [0, 0.05) is 12.1 Å². The fraction of sp³-hybridized carbons (Fsp3) is 0.222. The van der Waals surface area contributed by atoms with Gasteiger partial charge in [-0.3, -0.25) is 10.1 Å². The normalized spacial score (nSPS) is 10.1. The molecule has 0 N–H and O–H groups in total. The van der Waals surface area contributed by atoms with Crippen molar-refractivity contribution in [3.8, 4) is 0 Å². The summed E-state index contributed by atoms with van der Waals surface area (Å²) in [6.45, 7) is 0. The van der Waals surface area contributed by atoms with Crippen LogP contribution in [0.1, 0.15) is 5.56 Å². The van der Waals surface area contributed by atoms with Crippen molar-refractivity contribution in [3.63, 3.8) is 0 Å². The average Bonchev–Trinajstić information content (AvgIpc) is 2.04. The van der Waals surface area contributed by atoms with E-state index in [0.717, 1.165) is 5.56 Å². The van der Waals surface area contributed by atoms with Crippen LogP contribution in [0.3, 0.4) is 0 Å². The number of nitro groups is 1. The second-order valence-electron chi connectivity index (χ2n) is 2.85. The predicted octanol–water partition coefficient (Wildman–Crippen LogP) is 2.27. The van der Waals surface area contributed by atoms with Gasteiger partial charge < -0.3 is 0 Å². The van der Waals surface area contributed by atoms with Crippen molar-refractivity contribution in [2.24, 2.45) is 0 Å². The molecule has 0 aliphatic rings. The number of non-ortho nitro benzene ring substituents is 1. The molecule has 0 atom stereocenters. The van der Waals surface area contributed by atoms with Crippen LogP contribution in [0.15, 0.2) is 24.3 Å². The maximum absolute atomic E-state index is 10.3. The third-order valence-electron chi connectivity index (χ3n) is 1.48. The monoisotopic (exact) mass is 197 g/mol. The smallest absolute Gasteiger partial charge is 0.258 e. The molecule has 0 heterocycles. The molecular formula is C9H11NO2S. The molecule has 0 unspecified atom stereocenters. The van der Waals surface area contributed by atoms with Gasteiger partial charge in [0.05, 0.1) is 4.92 Å². The summed E-state index contributed by atoms with van der Waals surface area (Å²) < 4.78 is 0. The maximum Gasteiger partial charge on any atom is 0.269 e. The summed E-state index contributed by atoms with van der Waals surface area (Å²) in [6, 6.07) is 6.59. The summed E-state index contributed by atoms with van der Waals surface area (Å²) in [7, 11) is 0.221. The largest absolute Gasteiger partial charge is 0.269 e. The van der Waals surface area contributed by atoms with Gasteiger partial charge in [0.15, 0.2) is 0 Å². The molecule has 1 aromatic carbocycles. The summed E-state index contributed by atoms with van der Waals surface area (Å²) in [5, 5.41) is 12.4. The van der Waals surface area contributed by atoms with Crippen LogP contribution in [0.5, 0.6) is 0 Å². The number of nitro benzene ring substituents is 1. The van der Waals surface area contributed by atoms with Crippen LogP contribution in [-0.4, -0.2) is 22.8 Å². The Hall–Kier alpha value is -1.16. The highest BCUT2D eigenvalue weighted by Crippen LogP contribution is 2.12. The van der Waals surface area contributed by atoms with Crippen LogP contribution >= 0.6 is 10.5 Å². The van der Waals surface area contributed by atoms with Crippen LogP contribution in [0.4, 0.5) is 5.69 Å². The lowest BCUT2D eigenvalue weighted by atomic mass is 10.2. The van der Waals surface area contributed by atoms with Crippen LogP contribution in [0, 0.1) is 10.1 Å². The van der Waals surface area contributed by atoms with E-state index in [9.17, 15) is 10.1 Å². The molecule has 0 aliphatic carbocycles. The maximum atomic E-state index is 10.3. The van der Waals surface area contributed by atoms with E-state index in [1.807, 2.05) is 0 Å². The zero-order valence-electron chi connectivity index (χ0n) is 7.56. The van der Waals surface area contributed by atoms with E-state index in [1.165, 1.54) is 12.1 Å². The molecule has 0 bridgehead atoms. The summed E-state index contributed by atoms with van der Waals surface area (Å²) in [5.41, 5.74) is 1.18. The number of hydrogen-bond donors (Lipinski definition) is 0. The molecule has 0 aliphatic heterocycles. The topological polar surface area (TPSA) is 43.1 Å². The van der Waals surface area contributed by atoms with Gasteiger partial charge in [-0.25, -0.2) is 0 Å². The van der Waals surface area contributed by atoms with E-state index in [2.05, 4.69) is 17.9 Å². The van der Waals surface area contributed by atoms with Gasteiger partial charge in [0.25, 0.3) is 5.69 Å². The molecular weight excluding hydrogens is 186 g/mol. The lowest BCUT2D eigenvalue weighted by Gasteiger charge is -1.95. The Bertz CT molecular complexity index is 339. The Morgan fingerprint density at radius 3 is 2.23 bits per heavy atom. The first-order valence-electron chi connectivity index (χ1n) is 3.75. The van der Waals surface area contributed by atoms with E-state index in [-0.39, 0.29) is 21.1 Å². The first kappa shape index (κ1) is 9.92. The average molecular weight is 197 g/mol. The van der Waals surface area contributed by atoms with Crippen LogP contribution in [-0.2, 0) is 0 Å². The Kier molecular flexibility index (Phi) is 3.19. The molecule has 0 radical (unpaired) electrons. The highest BCUT2D eigenvalue weighted by molar-refractivity contribution is 8.14. The van der Waals surface area contributed by atoms with E-state index in [1.54, 1.807) is 12.1 Å². The minimum absolute atomic E-state index is 0.143. The molecule has 0 spiro atoms. The van der Waals surface area contributed by atoms with Crippen molar-refractivity contribution in [1.82, 2.24) is 0 Å². The molecule has 0 fully saturated rings. The van der Waals surface area contributed by atoms with Crippen molar-refractivity contribution < 1.29 is 4.92 Å². The van der Waals surface area contributed by atoms with Crippen molar-refractivity contribution >= 4 is 21.5 Å². The molecule has 0 saturated heterocycles. The lowest BCUT2D eigenvalue weighted by molar-refractivity contribution is -0.384. The van der Waals surface area contributed by atoms with E-state index < -0.39 is 0 Å². The van der Waals surface area contributed by atoms with Gasteiger partial charge in [-0.15, -0.1) is 0 Å². The third-order valence-corrected chi connectivity index (χ3v) is 2.22. The second kappa shape index (κ2) is 4.18. The van der Waals surface area contributed by atoms with Gasteiger partial charge in [0.2, 0.25) is 0 Å². The number of nitrogens with zero attached hydrogens (tertiary/aromatic N) is 1. The second-order valence-corrected chi connectivity index (χ2v) is 4.84. The molecule has 0 aromatic heterocycles. The zero-order chi connectivity index (χ0) is 9.84. The van der Waals surface area contributed by atoms with E-state index >= 15 is 0 Å². The Morgan fingerprint density at radius 2 is 1.85 bits per heavy atom. The molecule has 0 saturated carbocycles. The molecule has 4 heteroatoms. The van der Waals surface area contributed by atoms with Crippen molar-refractivity contribution in [3.05, 3.63) is 39.9 Å². The van der Waals surface area contributed by atoms with Gasteiger partial charge in [-0.2, -0.15) is 10.5 Å². The van der Waals surface area contributed by atoms with E-state index in [4.69, 9.17) is 0 Å². The predicted molar refractivity (Wildman–Crippen MR) is 57.7 cm³/mol. The number of benzene rings is 1. The molecule has 0 amide bonds. The van der Waals surface area contributed by atoms with Crippen LogP contribution < -0.4 is 0 Å². The van der Waals surface area contributed by atoms with Crippen molar-refractivity contribution in [2.75, 3.05) is 12.5 Å². The van der Waals surface area contributed by atoms with E-state index in [0.29, 0.717) is 0 Å². The zero-order valence-corrected chi connectivity index (χ0v) is 8.38. The number of rotatable bonds is 2. The Morgan fingerprint density at radius 1 is 1.31 bits per heavy atom. The summed E-state index contributed by atoms with van der Waals surface area (Å²) in [5.74, 6) is 0. The Labute approximate surface area is 79.5 Å². The van der Waals surface area contributed by atoms with Gasteiger partial charge in [0.1, 0.15) is 0 Å². The molecule has 13 heavy (non-hydrogen) atoms. The van der Waals surface area contributed by atoms with Crippen molar-refractivity contribution in [1.29, 1.82) is 0 Å². The fourth-order valence-electron chi connectivity index (χ4n) is 0.947. The van der Waals surface area contributed by atoms with Crippen LogP contribution in [0.25, 0.3) is 0 Å². The first-order chi connectivity index (χ1) is 6.09. The lowest BCUT2D eigenvalue weighted by Crippen LogP contribution is -1.88. The quantitative estimate of drug-likeness (QED) is 0.414. The minimum Gasteiger partial charge on any atom is -0.258 e. The van der Waals surface area contributed by atoms with Crippen molar-refractivity contribution in [2.45, 2.75) is 0 Å².